The van der Waals surface area contributed by atoms with Crippen LogP contribution in [0.15, 0.2) is 48.6 Å². The molecule has 0 bridgehead atoms. The highest BCUT2D eigenvalue weighted by atomic mass is 16.5. The van der Waals surface area contributed by atoms with Crippen molar-refractivity contribution < 1.29 is 24.5 Å². The Morgan fingerprint density at radius 1 is 0.373 bits per heavy atom. The summed E-state index contributed by atoms with van der Waals surface area (Å²) < 4.78 is 5.50. The van der Waals surface area contributed by atoms with Crippen molar-refractivity contribution in [3.63, 3.8) is 0 Å². The summed E-state index contributed by atoms with van der Waals surface area (Å²) in [5.74, 6) is -0.0632. The maximum atomic E-state index is 12.5. The van der Waals surface area contributed by atoms with Crippen molar-refractivity contribution in [1.29, 1.82) is 0 Å². The van der Waals surface area contributed by atoms with Gasteiger partial charge in [-0.05, 0) is 89.9 Å². The van der Waals surface area contributed by atoms with E-state index in [1.54, 1.807) is 6.08 Å². The molecule has 0 aromatic carbocycles. The average Bonchev–Trinajstić information content (AvgIpc) is 3.41. The minimum Gasteiger partial charge on any atom is -0.466 e. The Bertz CT molecular complexity index is 1260. The van der Waals surface area contributed by atoms with Crippen molar-refractivity contribution in [2.45, 2.75) is 366 Å². The van der Waals surface area contributed by atoms with E-state index in [0.717, 1.165) is 51.4 Å². The molecule has 6 heteroatoms. The van der Waals surface area contributed by atoms with E-state index in [2.05, 4.69) is 55.6 Å². The smallest absolute Gasteiger partial charge is 0.305 e. The summed E-state index contributed by atoms with van der Waals surface area (Å²) in [5.41, 5.74) is 0. The Morgan fingerprint density at radius 2 is 0.667 bits per heavy atom. The molecule has 0 heterocycles. The van der Waals surface area contributed by atoms with Gasteiger partial charge in [0.25, 0.3) is 0 Å². The van der Waals surface area contributed by atoms with Crippen LogP contribution >= 0.6 is 0 Å². The molecule has 1 amide bonds. The SMILES string of the molecule is CCCCC/C=C\C/C=C\CCCCCCCCCCCC(=O)OCCCCCCCCCCCCCC/C=C\CCCCCCCCCCC(=O)NC(CO)C(O)/C=C/CCCCCCCCCCCCCCC. The molecule has 0 fully saturated rings. The molecule has 0 spiro atoms. The highest BCUT2D eigenvalue weighted by molar-refractivity contribution is 5.76. The second kappa shape index (κ2) is 64.3. The maximum Gasteiger partial charge on any atom is 0.305 e. The van der Waals surface area contributed by atoms with Crippen LogP contribution < -0.4 is 5.32 Å². The molecular formula is C69H129NO5. The third-order valence-electron chi connectivity index (χ3n) is 15.3. The molecule has 0 aliphatic heterocycles. The molecule has 0 aromatic heterocycles. The Morgan fingerprint density at radius 3 is 1.05 bits per heavy atom. The molecule has 3 N–H and O–H groups in total. The maximum absolute atomic E-state index is 12.5. The zero-order valence-corrected chi connectivity index (χ0v) is 50.3. The number of hydrogen-bond acceptors (Lipinski definition) is 5. The topological polar surface area (TPSA) is 95.9 Å². The van der Waals surface area contributed by atoms with E-state index < -0.39 is 12.1 Å². The van der Waals surface area contributed by atoms with Crippen molar-refractivity contribution in [2.24, 2.45) is 0 Å². The first-order chi connectivity index (χ1) is 37.0. The fraction of sp³-hybridized carbons (Fsp3) is 0.855. The largest absolute Gasteiger partial charge is 0.466 e. The van der Waals surface area contributed by atoms with E-state index in [-0.39, 0.29) is 18.5 Å². The van der Waals surface area contributed by atoms with Crippen LogP contribution in [-0.2, 0) is 14.3 Å². The third-order valence-corrected chi connectivity index (χ3v) is 15.3. The van der Waals surface area contributed by atoms with Crippen molar-refractivity contribution in [2.75, 3.05) is 13.2 Å². The predicted octanol–water partition coefficient (Wildman–Crippen LogP) is 21.3. The highest BCUT2D eigenvalue weighted by Crippen LogP contribution is 2.17. The van der Waals surface area contributed by atoms with Crippen LogP contribution in [-0.4, -0.2) is 47.4 Å². The number of aliphatic hydroxyl groups excluding tert-OH is 2. The monoisotopic (exact) mass is 1050 g/mol. The van der Waals surface area contributed by atoms with E-state index >= 15 is 0 Å². The first-order valence-electron chi connectivity index (χ1n) is 33.4. The minimum absolute atomic E-state index is 0.00824. The number of aliphatic hydroxyl groups is 2. The van der Waals surface area contributed by atoms with Crippen LogP contribution in [0.25, 0.3) is 0 Å². The van der Waals surface area contributed by atoms with Gasteiger partial charge in [0.15, 0.2) is 0 Å². The average molecular weight is 1050 g/mol. The fourth-order valence-corrected chi connectivity index (χ4v) is 10.2. The number of esters is 1. The summed E-state index contributed by atoms with van der Waals surface area (Å²) in [6, 6.07) is -0.632. The van der Waals surface area contributed by atoms with Gasteiger partial charge in [-0.1, -0.05) is 300 Å². The van der Waals surface area contributed by atoms with Crippen molar-refractivity contribution in [3.05, 3.63) is 48.6 Å². The lowest BCUT2D eigenvalue weighted by Crippen LogP contribution is -2.45. The molecular weight excluding hydrogens is 923 g/mol. The lowest BCUT2D eigenvalue weighted by atomic mass is 10.0. The zero-order valence-electron chi connectivity index (χ0n) is 50.3. The lowest BCUT2D eigenvalue weighted by molar-refractivity contribution is -0.143. The molecule has 0 radical (unpaired) electrons. The molecule has 0 saturated carbocycles. The van der Waals surface area contributed by atoms with Gasteiger partial charge >= 0.3 is 5.97 Å². The van der Waals surface area contributed by atoms with Crippen LogP contribution in [0.5, 0.6) is 0 Å². The lowest BCUT2D eigenvalue weighted by Gasteiger charge is -2.20. The van der Waals surface area contributed by atoms with Crippen molar-refractivity contribution in [1.82, 2.24) is 5.32 Å². The number of amides is 1. The highest BCUT2D eigenvalue weighted by Gasteiger charge is 2.18. The van der Waals surface area contributed by atoms with Gasteiger partial charge < -0.3 is 20.3 Å². The Labute approximate surface area is 467 Å². The molecule has 0 aromatic rings. The van der Waals surface area contributed by atoms with Crippen LogP contribution in [0.4, 0.5) is 0 Å². The summed E-state index contributed by atoms with van der Waals surface area (Å²) >= 11 is 0. The minimum atomic E-state index is -0.848. The molecule has 2 unspecified atom stereocenters. The van der Waals surface area contributed by atoms with Gasteiger partial charge in [-0.2, -0.15) is 0 Å². The molecule has 75 heavy (non-hydrogen) atoms. The molecule has 0 aliphatic carbocycles. The van der Waals surface area contributed by atoms with Crippen LogP contribution in [0.1, 0.15) is 354 Å². The summed E-state index contributed by atoms with van der Waals surface area (Å²) in [7, 11) is 0. The van der Waals surface area contributed by atoms with Gasteiger partial charge in [-0.3, -0.25) is 9.59 Å². The molecule has 2 atom stereocenters. The summed E-state index contributed by atoms with van der Waals surface area (Å²) in [4.78, 5) is 24.6. The normalized spacial score (nSPS) is 12.9. The number of unbranched alkanes of at least 4 members (excludes halogenated alkanes) is 45. The van der Waals surface area contributed by atoms with Crippen LogP contribution in [0.2, 0.25) is 0 Å². The van der Waals surface area contributed by atoms with Crippen molar-refractivity contribution in [3.8, 4) is 0 Å². The molecule has 0 aliphatic rings. The Hall–Kier alpha value is -2.18. The van der Waals surface area contributed by atoms with E-state index in [1.807, 2.05) is 6.08 Å². The number of nitrogens with one attached hydrogen (secondary N) is 1. The third kappa shape index (κ3) is 60.9. The van der Waals surface area contributed by atoms with E-state index in [4.69, 9.17) is 4.74 Å². The van der Waals surface area contributed by atoms with Crippen LogP contribution in [0, 0.1) is 0 Å². The number of allylic oxidation sites excluding steroid dienone is 7. The summed E-state index contributed by atoms with van der Waals surface area (Å²) in [6.45, 7) is 4.89. The summed E-state index contributed by atoms with van der Waals surface area (Å²) in [6.07, 6.45) is 83.1. The standard InChI is InChI=1S/C69H129NO5/c1-3-5-7-9-11-13-15-17-19-20-27-31-35-39-43-47-51-55-59-63-69(74)75-64-60-56-52-48-44-40-36-32-29-26-24-22-21-23-25-28-30-34-38-42-46-50-54-58-62-68(73)70-66(65-71)67(72)61-57-53-49-45-41-37-33-18-16-14-12-10-8-6-4-2/h11,13,17,19,23,25,57,61,66-67,71-72H,3-10,12,14-16,18,20-22,24,26-56,58-60,62-65H2,1-2H3,(H,70,73)/b13-11-,19-17-,25-23-,61-57+. The first kappa shape index (κ1) is 72.8. The number of carbonyl (C=O) groups excluding carboxylic acids is 2. The predicted molar refractivity (Wildman–Crippen MR) is 329 cm³/mol. The summed E-state index contributed by atoms with van der Waals surface area (Å²) in [5, 5.41) is 23.1. The van der Waals surface area contributed by atoms with E-state index in [1.165, 1.54) is 276 Å². The van der Waals surface area contributed by atoms with Gasteiger partial charge in [0.05, 0.1) is 25.4 Å². The molecule has 6 nitrogen and oxygen atoms in total. The number of rotatable bonds is 62. The van der Waals surface area contributed by atoms with Crippen LogP contribution in [0.3, 0.4) is 0 Å². The number of hydrogen-bond donors (Lipinski definition) is 3. The number of ether oxygens (including phenoxy) is 1. The van der Waals surface area contributed by atoms with Gasteiger partial charge in [0.2, 0.25) is 5.91 Å². The van der Waals surface area contributed by atoms with Gasteiger partial charge in [0, 0.05) is 12.8 Å². The van der Waals surface area contributed by atoms with Gasteiger partial charge in [-0.25, -0.2) is 0 Å². The second-order valence-electron chi connectivity index (χ2n) is 22.8. The van der Waals surface area contributed by atoms with E-state index in [0.29, 0.717) is 19.4 Å². The van der Waals surface area contributed by atoms with Gasteiger partial charge in [-0.15, -0.1) is 0 Å². The zero-order chi connectivity index (χ0) is 54.3. The van der Waals surface area contributed by atoms with Gasteiger partial charge in [0.1, 0.15) is 0 Å². The fourth-order valence-electron chi connectivity index (χ4n) is 10.2. The Balaban J connectivity index is 3.41. The second-order valence-corrected chi connectivity index (χ2v) is 22.8. The van der Waals surface area contributed by atoms with E-state index in [9.17, 15) is 19.8 Å². The molecule has 0 rings (SSSR count). The molecule has 440 valence electrons. The first-order valence-corrected chi connectivity index (χ1v) is 33.4. The Kier molecular flexibility index (Phi) is 62.5. The van der Waals surface area contributed by atoms with Crippen molar-refractivity contribution >= 4 is 11.9 Å². The molecule has 0 saturated heterocycles. The quantitative estimate of drug-likeness (QED) is 0.0320. The number of carbonyl (C=O) groups is 2.